The fourth-order valence-corrected chi connectivity index (χ4v) is 3.28. The molecule has 0 atom stereocenters. The van der Waals surface area contributed by atoms with Crippen molar-refractivity contribution in [2.24, 2.45) is 0 Å². The fourth-order valence-electron chi connectivity index (χ4n) is 3.28. The molecule has 6 heteroatoms. The van der Waals surface area contributed by atoms with Gasteiger partial charge in [-0.2, -0.15) is 0 Å². The summed E-state index contributed by atoms with van der Waals surface area (Å²) >= 11 is 0. The van der Waals surface area contributed by atoms with E-state index < -0.39 is 4.92 Å². The third-order valence-electron chi connectivity index (χ3n) is 5.13. The third-order valence-corrected chi connectivity index (χ3v) is 5.13. The molecule has 0 amide bonds. The molecule has 0 aliphatic carbocycles. The first-order valence-electron chi connectivity index (χ1n) is 10.8. The quantitative estimate of drug-likeness (QED) is 0.244. The Morgan fingerprint density at radius 2 is 1.48 bits per heavy atom. The molecule has 0 aromatic heterocycles. The minimum atomic E-state index is -0.405. The third kappa shape index (κ3) is 6.79. The van der Waals surface area contributed by atoms with Gasteiger partial charge in [0.25, 0.3) is 5.69 Å². The smallest absolute Gasteiger partial charge is 0.269 e. The number of rotatable bonds is 10. The number of hydrogen-bond acceptors (Lipinski definition) is 5. The summed E-state index contributed by atoms with van der Waals surface area (Å²) in [5, 5.41) is 19.9. The summed E-state index contributed by atoms with van der Waals surface area (Å²) in [5.74, 6) is 0.791. The SMILES string of the molecule is CCOc1cc(/C=C/c2ccc([N+](=O)[O-])cc2)ccc1/C=C/c1ccc(N(C)CCO)cc1. The summed E-state index contributed by atoms with van der Waals surface area (Å²) in [6.45, 7) is 3.23. The fraction of sp³-hybridized carbons (Fsp3) is 0.185. The number of nitro groups is 1. The second-order valence-corrected chi connectivity index (χ2v) is 7.48. The molecule has 6 nitrogen and oxygen atoms in total. The van der Waals surface area contributed by atoms with Gasteiger partial charge in [-0.05, 0) is 53.9 Å². The Hall–Kier alpha value is -3.90. The maximum absolute atomic E-state index is 10.8. The van der Waals surface area contributed by atoms with Crippen LogP contribution >= 0.6 is 0 Å². The van der Waals surface area contributed by atoms with E-state index in [9.17, 15) is 10.1 Å². The maximum atomic E-state index is 10.8. The number of aliphatic hydroxyl groups excluding tert-OH is 1. The number of aliphatic hydroxyl groups is 1. The van der Waals surface area contributed by atoms with Gasteiger partial charge in [0.1, 0.15) is 5.75 Å². The van der Waals surface area contributed by atoms with Crippen LogP contribution in [0, 0.1) is 10.1 Å². The van der Waals surface area contributed by atoms with Gasteiger partial charge in [-0.1, -0.05) is 48.6 Å². The van der Waals surface area contributed by atoms with E-state index in [0.717, 1.165) is 33.7 Å². The molecule has 0 saturated carbocycles. The Balaban J connectivity index is 1.74. The number of anilines is 1. The Labute approximate surface area is 194 Å². The molecule has 0 unspecified atom stereocenters. The molecule has 0 fully saturated rings. The van der Waals surface area contributed by atoms with Gasteiger partial charge in [-0.3, -0.25) is 10.1 Å². The molecule has 0 aliphatic rings. The Morgan fingerprint density at radius 3 is 2.09 bits per heavy atom. The monoisotopic (exact) mass is 444 g/mol. The van der Waals surface area contributed by atoms with Crippen molar-refractivity contribution in [1.82, 2.24) is 0 Å². The van der Waals surface area contributed by atoms with E-state index in [0.29, 0.717) is 13.2 Å². The van der Waals surface area contributed by atoms with Crippen LogP contribution in [0.5, 0.6) is 5.75 Å². The normalized spacial score (nSPS) is 11.2. The van der Waals surface area contributed by atoms with E-state index in [2.05, 4.69) is 0 Å². The van der Waals surface area contributed by atoms with Gasteiger partial charge in [0, 0.05) is 37.0 Å². The lowest BCUT2D eigenvalue weighted by atomic mass is 10.1. The Kier molecular flexibility index (Phi) is 8.38. The van der Waals surface area contributed by atoms with Crippen LogP contribution in [0.1, 0.15) is 29.2 Å². The van der Waals surface area contributed by atoms with Gasteiger partial charge in [0.15, 0.2) is 0 Å². The maximum Gasteiger partial charge on any atom is 0.269 e. The van der Waals surface area contributed by atoms with Crippen LogP contribution < -0.4 is 9.64 Å². The van der Waals surface area contributed by atoms with Crippen LogP contribution in [-0.2, 0) is 0 Å². The standard InChI is InChI=1S/C27H28N2O4/c1-3-33-27-20-23(5-4-21-10-16-26(17-11-21)29(31)32)7-13-24(27)12-6-22-8-14-25(15-9-22)28(2)18-19-30/h4-17,20,30H,3,18-19H2,1-2H3/b5-4+,12-6+. The Morgan fingerprint density at radius 1 is 0.909 bits per heavy atom. The van der Waals surface area contributed by atoms with Crippen LogP contribution in [-0.4, -0.2) is 36.8 Å². The Bertz CT molecular complexity index is 1120. The minimum Gasteiger partial charge on any atom is -0.493 e. The van der Waals surface area contributed by atoms with Crippen molar-refractivity contribution in [3.8, 4) is 5.75 Å². The van der Waals surface area contributed by atoms with Gasteiger partial charge in [-0.15, -0.1) is 0 Å². The second kappa shape index (κ2) is 11.6. The predicted molar refractivity (Wildman–Crippen MR) is 135 cm³/mol. The average molecular weight is 445 g/mol. The molecular formula is C27H28N2O4. The number of nitrogens with zero attached hydrogens (tertiary/aromatic N) is 2. The summed E-state index contributed by atoms with van der Waals surface area (Å²) < 4.78 is 5.85. The lowest BCUT2D eigenvalue weighted by molar-refractivity contribution is -0.384. The molecule has 33 heavy (non-hydrogen) atoms. The van der Waals surface area contributed by atoms with E-state index in [4.69, 9.17) is 9.84 Å². The zero-order valence-electron chi connectivity index (χ0n) is 18.8. The highest BCUT2D eigenvalue weighted by atomic mass is 16.6. The van der Waals surface area contributed by atoms with Crippen LogP contribution in [0.3, 0.4) is 0 Å². The first-order chi connectivity index (χ1) is 16.0. The second-order valence-electron chi connectivity index (χ2n) is 7.48. The number of likely N-dealkylation sites (N-methyl/N-ethyl adjacent to an activating group) is 1. The molecule has 3 aromatic rings. The summed E-state index contributed by atoms with van der Waals surface area (Å²) in [5.41, 5.74) is 5.04. The molecule has 0 saturated heterocycles. The number of ether oxygens (including phenoxy) is 1. The van der Waals surface area contributed by atoms with Gasteiger partial charge < -0.3 is 14.7 Å². The van der Waals surface area contributed by atoms with E-state index >= 15 is 0 Å². The summed E-state index contributed by atoms with van der Waals surface area (Å²) in [6, 6.07) is 20.6. The zero-order chi connectivity index (χ0) is 23.6. The summed E-state index contributed by atoms with van der Waals surface area (Å²) in [4.78, 5) is 12.4. The molecule has 0 heterocycles. The number of nitro benzene ring substituents is 1. The summed E-state index contributed by atoms with van der Waals surface area (Å²) in [7, 11) is 1.95. The average Bonchev–Trinajstić information content (AvgIpc) is 2.83. The van der Waals surface area contributed by atoms with Gasteiger partial charge in [-0.25, -0.2) is 0 Å². The van der Waals surface area contributed by atoms with Crippen LogP contribution in [0.4, 0.5) is 11.4 Å². The number of non-ortho nitro benzene ring substituents is 1. The van der Waals surface area contributed by atoms with Crippen molar-refractivity contribution in [2.75, 3.05) is 31.7 Å². The van der Waals surface area contributed by atoms with Crippen molar-refractivity contribution in [1.29, 1.82) is 0 Å². The van der Waals surface area contributed by atoms with Crippen molar-refractivity contribution < 1.29 is 14.8 Å². The number of benzene rings is 3. The lowest BCUT2D eigenvalue weighted by Crippen LogP contribution is -2.20. The largest absolute Gasteiger partial charge is 0.493 e. The highest BCUT2D eigenvalue weighted by Gasteiger charge is 2.04. The van der Waals surface area contributed by atoms with Crippen LogP contribution in [0.15, 0.2) is 66.7 Å². The zero-order valence-corrected chi connectivity index (χ0v) is 18.8. The molecule has 0 aliphatic heterocycles. The lowest BCUT2D eigenvalue weighted by Gasteiger charge is -2.17. The van der Waals surface area contributed by atoms with Crippen LogP contribution in [0.25, 0.3) is 24.3 Å². The van der Waals surface area contributed by atoms with E-state index in [1.165, 1.54) is 12.1 Å². The summed E-state index contributed by atoms with van der Waals surface area (Å²) in [6.07, 6.45) is 7.94. The van der Waals surface area contributed by atoms with Gasteiger partial charge in [0.05, 0.1) is 18.1 Å². The van der Waals surface area contributed by atoms with Crippen LogP contribution in [0.2, 0.25) is 0 Å². The highest BCUT2D eigenvalue weighted by molar-refractivity contribution is 5.76. The first kappa shape index (κ1) is 23.8. The van der Waals surface area contributed by atoms with Gasteiger partial charge >= 0.3 is 0 Å². The molecule has 0 spiro atoms. The molecule has 3 rings (SSSR count). The molecular weight excluding hydrogens is 416 g/mol. The molecule has 1 N–H and O–H groups in total. The van der Waals surface area contributed by atoms with E-state index in [1.54, 1.807) is 12.1 Å². The van der Waals surface area contributed by atoms with Crippen molar-refractivity contribution in [3.05, 3.63) is 99.1 Å². The first-order valence-corrected chi connectivity index (χ1v) is 10.8. The van der Waals surface area contributed by atoms with E-state index in [-0.39, 0.29) is 12.3 Å². The van der Waals surface area contributed by atoms with Gasteiger partial charge in [0.2, 0.25) is 0 Å². The number of hydrogen-bond donors (Lipinski definition) is 1. The topological polar surface area (TPSA) is 75.8 Å². The molecule has 3 aromatic carbocycles. The molecule has 170 valence electrons. The minimum absolute atomic E-state index is 0.0775. The van der Waals surface area contributed by atoms with Crippen molar-refractivity contribution in [2.45, 2.75) is 6.92 Å². The molecule has 0 bridgehead atoms. The molecule has 0 radical (unpaired) electrons. The van der Waals surface area contributed by atoms with E-state index in [1.807, 2.05) is 85.6 Å². The van der Waals surface area contributed by atoms with Crippen molar-refractivity contribution in [3.63, 3.8) is 0 Å². The predicted octanol–water partition coefficient (Wildman–Crippen LogP) is 5.76. The highest BCUT2D eigenvalue weighted by Crippen LogP contribution is 2.25. The van der Waals surface area contributed by atoms with Crippen molar-refractivity contribution >= 4 is 35.7 Å².